The average Bonchev–Trinajstić information content (AvgIpc) is 2.92. The number of rotatable bonds is 4. The fourth-order valence-electron chi connectivity index (χ4n) is 2.11. The van der Waals surface area contributed by atoms with Gasteiger partial charge in [0.15, 0.2) is 5.96 Å². The van der Waals surface area contributed by atoms with E-state index in [1.165, 1.54) is 18.6 Å². The van der Waals surface area contributed by atoms with Gasteiger partial charge in [-0.05, 0) is 37.7 Å². The van der Waals surface area contributed by atoms with Crippen LogP contribution < -0.4 is 10.6 Å². The topological polar surface area (TPSA) is 49.3 Å². The number of aliphatic imine (C=N–C) groups is 1. The number of aromatic nitrogens is 1. The number of nitrogens with one attached hydrogen (secondary N) is 2. The maximum absolute atomic E-state index is 4.47. The predicted molar refractivity (Wildman–Crippen MR) is 82.7 cm³/mol. The molecule has 0 bridgehead atoms. The predicted octanol–water partition coefficient (Wildman–Crippen LogP) is 1.95. The third kappa shape index (κ3) is 4.74. The molecule has 1 aliphatic rings. The van der Waals surface area contributed by atoms with Gasteiger partial charge in [-0.2, -0.15) is 11.8 Å². The molecule has 1 aromatic rings. The number of pyridine rings is 1. The zero-order valence-corrected chi connectivity index (χ0v) is 12.5. The van der Waals surface area contributed by atoms with E-state index >= 15 is 0 Å². The minimum absolute atomic E-state index is 0.708. The van der Waals surface area contributed by atoms with Crippen molar-refractivity contribution >= 4 is 17.7 Å². The first-order valence-corrected chi connectivity index (χ1v) is 7.81. The smallest absolute Gasteiger partial charge is 0.191 e. The second-order valence-electron chi connectivity index (χ2n) is 4.71. The quantitative estimate of drug-likeness (QED) is 0.653. The summed E-state index contributed by atoms with van der Waals surface area (Å²) in [4.78, 5) is 8.71. The second kappa shape index (κ2) is 7.38. The van der Waals surface area contributed by atoms with E-state index in [1.807, 2.05) is 25.1 Å². The molecule has 0 radical (unpaired) electrons. The van der Waals surface area contributed by atoms with Gasteiger partial charge in [-0.3, -0.25) is 9.98 Å². The Morgan fingerprint density at radius 1 is 1.47 bits per heavy atom. The monoisotopic (exact) mass is 278 g/mol. The van der Waals surface area contributed by atoms with E-state index < -0.39 is 0 Å². The number of hydrogen-bond acceptors (Lipinski definition) is 3. The van der Waals surface area contributed by atoms with Gasteiger partial charge in [0.2, 0.25) is 0 Å². The summed E-state index contributed by atoms with van der Waals surface area (Å²) in [6.45, 7) is 3.71. The highest BCUT2D eigenvalue weighted by atomic mass is 32.2. The van der Waals surface area contributed by atoms with Crippen molar-refractivity contribution in [1.82, 2.24) is 15.6 Å². The maximum Gasteiger partial charge on any atom is 0.191 e. The molecule has 1 unspecified atom stereocenters. The van der Waals surface area contributed by atoms with Gasteiger partial charge in [-0.1, -0.05) is 6.07 Å². The fraction of sp³-hybridized carbons (Fsp3) is 0.571. The van der Waals surface area contributed by atoms with Crippen LogP contribution in [0.4, 0.5) is 0 Å². The molecule has 2 N–H and O–H groups in total. The normalized spacial score (nSPS) is 19.5. The van der Waals surface area contributed by atoms with Crippen LogP contribution in [0.3, 0.4) is 0 Å². The molecule has 1 aromatic heterocycles. The van der Waals surface area contributed by atoms with Gasteiger partial charge in [-0.25, -0.2) is 0 Å². The largest absolute Gasteiger partial charge is 0.355 e. The standard InChI is InChI=1S/C14H22N4S/c1-11-5-3-6-12(18-11)9-16-14(15-2)17-10-13-7-4-8-19-13/h3,5-6,13H,4,7-10H2,1-2H3,(H2,15,16,17). The molecule has 2 rings (SSSR count). The van der Waals surface area contributed by atoms with E-state index in [-0.39, 0.29) is 0 Å². The van der Waals surface area contributed by atoms with Gasteiger partial charge in [0, 0.05) is 24.5 Å². The van der Waals surface area contributed by atoms with Crippen LogP contribution >= 0.6 is 11.8 Å². The Kier molecular flexibility index (Phi) is 5.51. The molecular formula is C14H22N4S. The minimum atomic E-state index is 0.708. The van der Waals surface area contributed by atoms with E-state index in [0.717, 1.165) is 29.1 Å². The number of hydrogen-bond donors (Lipinski definition) is 2. The Morgan fingerprint density at radius 2 is 2.37 bits per heavy atom. The summed E-state index contributed by atoms with van der Waals surface area (Å²) in [5, 5.41) is 7.42. The van der Waals surface area contributed by atoms with E-state index in [0.29, 0.717) is 6.54 Å². The highest BCUT2D eigenvalue weighted by Crippen LogP contribution is 2.25. The number of aryl methyl sites for hydroxylation is 1. The molecule has 1 saturated heterocycles. The Morgan fingerprint density at radius 3 is 3.05 bits per heavy atom. The van der Waals surface area contributed by atoms with Crippen molar-refractivity contribution in [3.8, 4) is 0 Å². The van der Waals surface area contributed by atoms with E-state index in [4.69, 9.17) is 0 Å². The second-order valence-corrected chi connectivity index (χ2v) is 6.12. The van der Waals surface area contributed by atoms with Gasteiger partial charge in [-0.15, -0.1) is 0 Å². The van der Waals surface area contributed by atoms with Gasteiger partial charge in [0.1, 0.15) is 0 Å². The van der Waals surface area contributed by atoms with Gasteiger partial charge >= 0.3 is 0 Å². The molecule has 1 atom stereocenters. The van der Waals surface area contributed by atoms with Crippen LogP contribution in [0.15, 0.2) is 23.2 Å². The lowest BCUT2D eigenvalue weighted by molar-refractivity contribution is 0.723. The van der Waals surface area contributed by atoms with Crippen molar-refractivity contribution in [2.45, 2.75) is 31.6 Å². The van der Waals surface area contributed by atoms with Crippen LogP contribution in [0.2, 0.25) is 0 Å². The van der Waals surface area contributed by atoms with Crippen molar-refractivity contribution in [2.75, 3.05) is 19.3 Å². The summed E-state index contributed by atoms with van der Waals surface area (Å²) in [5.74, 6) is 2.15. The lowest BCUT2D eigenvalue weighted by atomic mass is 10.2. The third-order valence-electron chi connectivity index (χ3n) is 3.13. The van der Waals surface area contributed by atoms with Crippen molar-refractivity contribution in [3.05, 3.63) is 29.6 Å². The Hall–Kier alpha value is -1.23. The van der Waals surface area contributed by atoms with E-state index in [9.17, 15) is 0 Å². The lowest BCUT2D eigenvalue weighted by Crippen LogP contribution is -2.39. The molecule has 1 aliphatic heterocycles. The molecule has 0 amide bonds. The summed E-state index contributed by atoms with van der Waals surface area (Å²) >= 11 is 2.05. The van der Waals surface area contributed by atoms with E-state index in [1.54, 1.807) is 7.05 Å². The zero-order chi connectivity index (χ0) is 13.5. The van der Waals surface area contributed by atoms with Crippen molar-refractivity contribution < 1.29 is 0 Å². The summed E-state index contributed by atoms with van der Waals surface area (Å²) in [7, 11) is 1.81. The Bertz CT molecular complexity index is 427. The molecule has 5 heteroatoms. The molecule has 19 heavy (non-hydrogen) atoms. The van der Waals surface area contributed by atoms with Crippen LogP contribution in [0.25, 0.3) is 0 Å². The third-order valence-corrected chi connectivity index (χ3v) is 4.53. The highest BCUT2D eigenvalue weighted by Gasteiger charge is 2.15. The Labute approximate surface area is 119 Å². The molecule has 4 nitrogen and oxygen atoms in total. The van der Waals surface area contributed by atoms with Crippen LogP contribution in [-0.4, -0.2) is 35.5 Å². The molecule has 104 valence electrons. The molecule has 0 saturated carbocycles. The molecular weight excluding hydrogens is 256 g/mol. The summed E-state index contributed by atoms with van der Waals surface area (Å²) in [6, 6.07) is 6.07. The van der Waals surface area contributed by atoms with Crippen molar-refractivity contribution in [1.29, 1.82) is 0 Å². The highest BCUT2D eigenvalue weighted by molar-refractivity contribution is 8.00. The van der Waals surface area contributed by atoms with Gasteiger partial charge in [0.25, 0.3) is 0 Å². The maximum atomic E-state index is 4.47. The van der Waals surface area contributed by atoms with E-state index in [2.05, 4.69) is 32.4 Å². The molecule has 1 fully saturated rings. The summed E-state index contributed by atoms with van der Waals surface area (Å²) < 4.78 is 0. The van der Waals surface area contributed by atoms with Gasteiger partial charge in [0.05, 0.1) is 12.2 Å². The van der Waals surface area contributed by atoms with Crippen molar-refractivity contribution in [3.63, 3.8) is 0 Å². The number of nitrogens with zero attached hydrogens (tertiary/aromatic N) is 2. The van der Waals surface area contributed by atoms with Crippen LogP contribution in [0.1, 0.15) is 24.2 Å². The average molecular weight is 278 g/mol. The first kappa shape index (κ1) is 14.2. The molecule has 2 heterocycles. The molecule has 0 spiro atoms. The van der Waals surface area contributed by atoms with Crippen LogP contribution in [-0.2, 0) is 6.54 Å². The SMILES string of the molecule is CN=C(NCc1cccc(C)n1)NCC1CCCS1. The first-order chi connectivity index (χ1) is 9.28. The zero-order valence-electron chi connectivity index (χ0n) is 11.6. The number of thioether (sulfide) groups is 1. The number of guanidine groups is 1. The van der Waals surface area contributed by atoms with Crippen molar-refractivity contribution in [2.24, 2.45) is 4.99 Å². The lowest BCUT2D eigenvalue weighted by Gasteiger charge is -2.14. The molecule has 0 aromatic carbocycles. The first-order valence-electron chi connectivity index (χ1n) is 6.76. The van der Waals surface area contributed by atoms with Crippen LogP contribution in [0.5, 0.6) is 0 Å². The minimum Gasteiger partial charge on any atom is -0.355 e. The molecule has 0 aliphatic carbocycles. The summed E-state index contributed by atoms with van der Waals surface area (Å²) in [5.41, 5.74) is 2.09. The summed E-state index contributed by atoms with van der Waals surface area (Å²) in [6.07, 6.45) is 2.66. The van der Waals surface area contributed by atoms with Gasteiger partial charge < -0.3 is 10.6 Å². The Balaban J connectivity index is 1.76. The van der Waals surface area contributed by atoms with Crippen LogP contribution in [0, 0.1) is 6.92 Å². The fourth-order valence-corrected chi connectivity index (χ4v) is 3.31.